The van der Waals surface area contributed by atoms with E-state index in [1.165, 1.54) is 6.20 Å². The van der Waals surface area contributed by atoms with Crippen molar-refractivity contribution in [1.82, 2.24) is 4.98 Å². The lowest BCUT2D eigenvalue weighted by atomic mass is 10.1. The Morgan fingerprint density at radius 3 is 2.47 bits per heavy atom. The summed E-state index contributed by atoms with van der Waals surface area (Å²) in [5.41, 5.74) is -0.942. The summed E-state index contributed by atoms with van der Waals surface area (Å²) in [4.78, 5) is 15.3. The van der Waals surface area contributed by atoms with E-state index < -0.39 is 34.7 Å². The number of aromatic nitrogens is 1. The summed E-state index contributed by atoms with van der Waals surface area (Å²) in [5.74, 6) is -8.54. The number of halogens is 5. The summed E-state index contributed by atoms with van der Waals surface area (Å²) in [6, 6.07) is 0.283. The van der Waals surface area contributed by atoms with Crippen molar-refractivity contribution in [3.05, 3.63) is 44.9 Å². The molecule has 0 aliphatic heterocycles. The number of amides is 1. The number of hydrogen-bond donors (Lipinski definition) is 1. The molecule has 1 amide bonds. The Labute approximate surface area is 116 Å². The number of thiazole rings is 1. The van der Waals surface area contributed by atoms with Gasteiger partial charge in [-0.05, 0) is 22.0 Å². The molecule has 0 fully saturated rings. The second-order valence-corrected chi connectivity index (χ2v) is 5.68. The third kappa shape index (κ3) is 2.76. The van der Waals surface area contributed by atoms with Crippen molar-refractivity contribution in [3.63, 3.8) is 0 Å². The lowest BCUT2D eigenvalue weighted by Gasteiger charge is -2.05. The van der Waals surface area contributed by atoms with Gasteiger partial charge in [0.2, 0.25) is 0 Å². The van der Waals surface area contributed by atoms with Crippen LogP contribution in [0.5, 0.6) is 0 Å². The number of hydrogen-bond acceptors (Lipinski definition) is 3. The Bertz CT molecular complexity index is 661. The van der Waals surface area contributed by atoms with Crippen LogP contribution in [0.15, 0.2) is 16.0 Å². The Morgan fingerprint density at radius 1 is 1.21 bits per heavy atom. The maximum atomic E-state index is 13.3. The van der Waals surface area contributed by atoms with Crippen LogP contribution < -0.4 is 5.32 Å². The highest BCUT2D eigenvalue weighted by Crippen LogP contribution is 2.25. The van der Waals surface area contributed by atoms with E-state index in [9.17, 15) is 22.4 Å². The largest absolute Gasteiger partial charge is 0.298 e. The van der Waals surface area contributed by atoms with E-state index in [0.29, 0.717) is 3.79 Å². The molecule has 1 N–H and O–H groups in total. The van der Waals surface area contributed by atoms with Gasteiger partial charge in [-0.15, -0.1) is 0 Å². The zero-order chi connectivity index (χ0) is 14.2. The van der Waals surface area contributed by atoms with Crippen LogP contribution in [0.2, 0.25) is 0 Å². The zero-order valence-electron chi connectivity index (χ0n) is 8.81. The third-order valence-corrected chi connectivity index (χ3v) is 3.44. The molecule has 0 radical (unpaired) electrons. The first kappa shape index (κ1) is 13.9. The van der Waals surface area contributed by atoms with E-state index in [2.05, 4.69) is 26.2 Å². The summed E-state index contributed by atoms with van der Waals surface area (Å²) >= 11 is 4.10. The molecule has 100 valence electrons. The Kier molecular flexibility index (Phi) is 3.85. The molecule has 2 rings (SSSR count). The van der Waals surface area contributed by atoms with Gasteiger partial charge in [0.25, 0.3) is 5.91 Å². The van der Waals surface area contributed by atoms with Crippen molar-refractivity contribution >= 4 is 38.3 Å². The highest BCUT2D eigenvalue weighted by atomic mass is 79.9. The predicted octanol–water partition coefficient (Wildman–Crippen LogP) is 3.71. The summed E-state index contributed by atoms with van der Waals surface area (Å²) in [6.07, 6.45) is 1.38. The molecule has 2 aromatic rings. The Hall–Kier alpha value is -1.48. The number of anilines is 1. The van der Waals surface area contributed by atoms with Crippen molar-refractivity contribution < 1.29 is 22.4 Å². The summed E-state index contributed by atoms with van der Waals surface area (Å²) < 4.78 is 52.6. The summed E-state index contributed by atoms with van der Waals surface area (Å²) in [7, 11) is 0. The van der Waals surface area contributed by atoms with E-state index in [4.69, 9.17) is 0 Å². The molecule has 0 aliphatic carbocycles. The fourth-order valence-electron chi connectivity index (χ4n) is 1.21. The first-order valence-corrected chi connectivity index (χ1v) is 6.26. The minimum atomic E-state index is -2.04. The predicted molar refractivity (Wildman–Crippen MR) is 64.0 cm³/mol. The topological polar surface area (TPSA) is 42.0 Å². The SMILES string of the molecule is O=C(Nc1ncc(Br)s1)c1cc(F)c(F)c(F)c1F. The molecular weight excluding hydrogens is 352 g/mol. The van der Waals surface area contributed by atoms with Gasteiger partial charge in [0.05, 0.1) is 15.5 Å². The van der Waals surface area contributed by atoms with Gasteiger partial charge in [0, 0.05) is 0 Å². The average molecular weight is 355 g/mol. The fourth-order valence-corrected chi connectivity index (χ4v) is 2.32. The Balaban J connectivity index is 2.34. The number of carbonyl (C=O) groups excluding carboxylic acids is 1. The molecular formula is C10H3BrF4N2OS. The van der Waals surface area contributed by atoms with E-state index in [0.717, 1.165) is 11.3 Å². The minimum absolute atomic E-state index is 0.0985. The van der Waals surface area contributed by atoms with E-state index in [-0.39, 0.29) is 11.2 Å². The molecule has 0 saturated carbocycles. The van der Waals surface area contributed by atoms with Crippen molar-refractivity contribution in [2.24, 2.45) is 0 Å². The molecule has 0 atom stereocenters. The van der Waals surface area contributed by atoms with Gasteiger partial charge in [-0.25, -0.2) is 22.5 Å². The molecule has 19 heavy (non-hydrogen) atoms. The van der Waals surface area contributed by atoms with E-state index in [1.54, 1.807) is 0 Å². The third-order valence-electron chi connectivity index (χ3n) is 2.05. The molecule has 1 aromatic carbocycles. The highest BCUT2D eigenvalue weighted by molar-refractivity contribution is 9.11. The van der Waals surface area contributed by atoms with Crippen LogP contribution in [0, 0.1) is 23.3 Å². The van der Waals surface area contributed by atoms with Crippen molar-refractivity contribution in [2.45, 2.75) is 0 Å². The fraction of sp³-hybridized carbons (Fsp3) is 0. The molecule has 0 unspecified atom stereocenters. The minimum Gasteiger partial charge on any atom is -0.298 e. The van der Waals surface area contributed by atoms with E-state index in [1.807, 2.05) is 0 Å². The molecule has 1 aromatic heterocycles. The molecule has 0 saturated heterocycles. The number of nitrogens with zero attached hydrogens (tertiary/aromatic N) is 1. The second kappa shape index (κ2) is 5.25. The van der Waals surface area contributed by atoms with Crippen LogP contribution in [0.3, 0.4) is 0 Å². The van der Waals surface area contributed by atoms with Crippen molar-refractivity contribution in [2.75, 3.05) is 5.32 Å². The van der Waals surface area contributed by atoms with Gasteiger partial charge in [-0.3, -0.25) is 10.1 Å². The first-order chi connectivity index (χ1) is 8.90. The summed E-state index contributed by atoms with van der Waals surface area (Å²) in [5, 5.41) is 2.23. The second-order valence-electron chi connectivity index (χ2n) is 3.27. The zero-order valence-corrected chi connectivity index (χ0v) is 11.2. The number of rotatable bonds is 2. The maximum Gasteiger partial charge on any atom is 0.260 e. The van der Waals surface area contributed by atoms with Gasteiger partial charge in [-0.1, -0.05) is 11.3 Å². The van der Waals surface area contributed by atoms with Gasteiger partial charge < -0.3 is 0 Å². The standard InChI is InChI=1S/C10H3BrF4N2OS/c11-5-2-16-10(19-5)17-9(18)3-1-4(12)7(14)8(15)6(3)13/h1-2H,(H,16,17,18). The number of carbonyl (C=O) groups is 1. The van der Waals surface area contributed by atoms with Crippen LogP contribution in [0.1, 0.15) is 10.4 Å². The summed E-state index contributed by atoms with van der Waals surface area (Å²) in [6.45, 7) is 0. The Morgan fingerprint density at radius 2 is 1.89 bits per heavy atom. The number of benzene rings is 1. The van der Waals surface area contributed by atoms with Gasteiger partial charge >= 0.3 is 0 Å². The lowest BCUT2D eigenvalue weighted by molar-refractivity contribution is 0.102. The van der Waals surface area contributed by atoms with Gasteiger partial charge in [-0.2, -0.15) is 0 Å². The van der Waals surface area contributed by atoms with E-state index >= 15 is 0 Å². The molecule has 1 heterocycles. The van der Waals surface area contributed by atoms with Crippen LogP contribution >= 0.6 is 27.3 Å². The smallest absolute Gasteiger partial charge is 0.260 e. The molecule has 9 heteroatoms. The van der Waals surface area contributed by atoms with Gasteiger partial charge in [0.15, 0.2) is 28.4 Å². The molecule has 0 spiro atoms. The first-order valence-electron chi connectivity index (χ1n) is 4.66. The van der Waals surface area contributed by atoms with Crippen LogP contribution in [0.25, 0.3) is 0 Å². The van der Waals surface area contributed by atoms with Crippen molar-refractivity contribution in [1.29, 1.82) is 0 Å². The van der Waals surface area contributed by atoms with Crippen LogP contribution in [-0.2, 0) is 0 Å². The monoisotopic (exact) mass is 354 g/mol. The lowest BCUT2D eigenvalue weighted by Crippen LogP contribution is -2.16. The normalized spacial score (nSPS) is 10.6. The molecule has 0 bridgehead atoms. The molecule has 3 nitrogen and oxygen atoms in total. The molecule has 0 aliphatic rings. The van der Waals surface area contributed by atoms with Crippen LogP contribution in [-0.4, -0.2) is 10.9 Å². The van der Waals surface area contributed by atoms with Crippen LogP contribution in [0.4, 0.5) is 22.7 Å². The van der Waals surface area contributed by atoms with Gasteiger partial charge in [0.1, 0.15) is 0 Å². The highest BCUT2D eigenvalue weighted by Gasteiger charge is 2.23. The van der Waals surface area contributed by atoms with Crippen molar-refractivity contribution in [3.8, 4) is 0 Å². The average Bonchev–Trinajstić information content (AvgIpc) is 2.76. The maximum absolute atomic E-state index is 13.3. The quantitative estimate of drug-likeness (QED) is 0.507. The number of nitrogens with one attached hydrogen (secondary N) is 1.